The number of benzene rings is 1. The van der Waals surface area contributed by atoms with Gasteiger partial charge >= 0.3 is 0 Å². The average molecular weight is 271 g/mol. The van der Waals surface area contributed by atoms with Crippen LogP contribution in [0.15, 0.2) is 28.7 Å². The number of hydrogen-bond acceptors (Lipinski definition) is 2. The molecule has 0 fully saturated rings. The Labute approximate surface area is 100 Å². The Morgan fingerprint density at radius 1 is 1.33 bits per heavy atom. The summed E-state index contributed by atoms with van der Waals surface area (Å²) in [5.74, 6) is 0. The van der Waals surface area contributed by atoms with Crippen LogP contribution in [-0.2, 0) is 0 Å². The normalized spacial score (nSPS) is 14.7. The van der Waals surface area contributed by atoms with Gasteiger partial charge in [-0.25, -0.2) is 0 Å². The fourth-order valence-corrected chi connectivity index (χ4v) is 1.91. The van der Waals surface area contributed by atoms with Crippen molar-refractivity contribution in [3.8, 4) is 0 Å². The van der Waals surface area contributed by atoms with Gasteiger partial charge in [0, 0.05) is 22.2 Å². The Kier molecular flexibility index (Phi) is 4.61. The molecule has 0 aliphatic carbocycles. The highest BCUT2D eigenvalue weighted by Crippen LogP contribution is 2.21. The van der Waals surface area contributed by atoms with Crippen molar-refractivity contribution in [1.29, 1.82) is 0 Å². The molecule has 1 unspecified atom stereocenters. The maximum atomic E-state index is 5.80. The summed E-state index contributed by atoms with van der Waals surface area (Å²) in [6.07, 6.45) is 2.22. The molecule has 1 atom stereocenters. The minimum absolute atomic E-state index is 0.00256. The molecular weight excluding hydrogens is 252 g/mol. The largest absolute Gasteiger partial charge is 0.379 e. The Balaban J connectivity index is 2.70. The van der Waals surface area contributed by atoms with Crippen LogP contribution in [0.4, 0.5) is 5.69 Å². The van der Waals surface area contributed by atoms with E-state index in [4.69, 9.17) is 5.73 Å². The molecule has 2 nitrogen and oxygen atoms in total. The smallest absolute Gasteiger partial charge is 0.0467 e. The summed E-state index contributed by atoms with van der Waals surface area (Å²) in [4.78, 5) is 0. The maximum absolute atomic E-state index is 5.80. The van der Waals surface area contributed by atoms with Crippen molar-refractivity contribution in [3.63, 3.8) is 0 Å². The van der Waals surface area contributed by atoms with E-state index in [1.807, 2.05) is 12.1 Å². The van der Waals surface area contributed by atoms with Crippen LogP contribution < -0.4 is 11.1 Å². The van der Waals surface area contributed by atoms with Crippen LogP contribution >= 0.6 is 15.9 Å². The molecule has 3 N–H and O–H groups in total. The summed E-state index contributed by atoms with van der Waals surface area (Å²) >= 11 is 3.42. The molecule has 1 aromatic rings. The van der Waals surface area contributed by atoms with Crippen LogP contribution in [0.25, 0.3) is 0 Å². The molecule has 0 aliphatic heterocycles. The van der Waals surface area contributed by atoms with Crippen LogP contribution in [0.2, 0.25) is 0 Å². The van der Waals surface area contributed by atoms with Gasteiger partial charge in [0.25, 0.3) is 0 Å². The maximum Gasteiger partial charge on any atom is 0.0467 e. The van der Waals surface area contributed by atoms with Gasteiger partial charge in [-0.15, -0.1) is 0 Å². The number of rotatable bonds is 5. The van der Waals surface area contributed by atoms with E-state index in [-0.39, 0.29) is 5.54 Å². The highest BCUT2D eigenvalue weighted by atomic mass is 79.9. The Hall–Kier alpha value is -0.540. The monoisotopic (exact) mass is 270 g/mol. The molecule has 0 aromatic heterocycles. The molecule has 0 amide bonds. The van der Waals surface area contributed by atoms with Gasteiger partial charge in [0.05, 0.1) is 0 Å². The van der Waals surface area contributed by atoms with E-state index in [1.165, 1.54) is 0 Å². The van der Waals surface area contributed by atoms with E-state index in [2.05, 4.69) is 47.2 Å². The van der Waals surface area contributed by atoms with Gasteiger partial charge in [-0.05, 0) is 37.6 Å². The number of hydrogen-bond donors (Lipinski definition) is 2. The van der Waals surface area contributed by atoms with E-state index >= 15 is 0 Å². The zero-order valence-corrected chi connectivity index (χ0v) is 11.0. The zero-order valence-electron chi connectivity index (χ0n) is 9.39. The molecule has 1 rings (SSSR count). The van der Waals surface area contributed by atoms with Gasteiger partial charge in [-0.3, -0.25) is 0 Å². The van der Waals surface area contributed by atoms with Crippen molar-refractivity contribution >= 4 is 21.6 Å². The van der Waals surface area contributed by atoms with E-state index in [0.29, 0.717) is 6.54 Å². The van der Waals surface area contributed by atoms with E-state index in [9.17, 15) is 0 Å². The Morgan fingerprint density at radius 2 is 1.93 bits per heavy atom. The van der Waals surface area contributed by atoms with Crippen molar-refractivity contribution in [2.24, 2.45) is 5.73 Å². The van der Waals surface area contributed by atoms with E-state index in [1.54, 1.807) is 0 Å². The minimum atomic E-state index is 0.00256. The van der Waals surface area contributed by atoms with Crippen LogP contribution in [0, 0.1) is 0 Å². The number of nitrogens with one attached hydrogen (secondary N) is 1. The standard InChI is InChI=1S/C12H19BrN2/c1-3-8-12(2,9-14)15-11-6-4-10(13)5-7-11/h4-7,15H,3,8-9,14H2,1-2H3. The lowest BCUT2D eigenvalue weighted by atomic mass is 9.96. The molecule has 84 valence electrons. The average Bonchev–Trinajstić information content (AvgIpc) is 2.22. The molecule has 0 heterocycles. The lowest BCUT2D eigenvalue weighted by molar-refractivity contribution is 0.476. The predicted molar refractivity (Wildman–Crippen MR) is 70.1 cm³/mol. The van der Waals surface area contributed by atoms with E-state index < -0.39 is 0 Å². The molecule has 0 saturated carbocycles. The van der Waals surface area contributed by atoms with Gasteiger partial charge in [-0.2, -0.15) is 0 Å². The zero-order chi connectivity index (χ0) is 11.3. The molecule has 0 radical (unpaired) electrons. The summed E-state index contributed by atoms with van der Waals surface area (Å²) in [6.45, 7) is 4.99. The SMILES string of the molecule is CCCC(C)(CN)Nc1ccc(Br)cc1. The summed E-state index contributed by atoms with van der Waals surface area (Å²) in [5, 5.41) is 3.49. The molecule has 3 heteroatoms. The first kappa shape index (κ1) is 12.5. The second-order valence-electron chi connectivity index (χ2n) is 4.15. The second kappa shape index (κ2) is 5.52. The van der Waals surface area contributed by atoms with E-state index in [0.717, 1.165) is 23.0 Å². The number of nitrogens with two attached hydrogens (primary N) is 1. The Bertz CT molecular complexity index is 297. The molecule has 0 saturated heterocycles. The lowest BCUT2D eigenvalue weighted by Gasteiger charge is -2.30. The summed E-state index contributed by atoms with van der Waals surface area (Å²) in [7, 11) is 0. The topological polar surface area (TPSA) is 38.0 Å². The summed E-state index contributed by atoms with van der Waals surface area (Å²) in [6, 6.07) is 8.19. The summed E-state index contributed by atoms with van der Waals surface area (Å²) in [5.41, 5.74) is 6.93. The van der Waals surface area contributed by atoms with Gasteiger partial charge in [0.1, 0.15) is 0 Å². The Morgan fingerprint density at radius 3 is 2.40 bits per heavy atom. The molecule has 1 aromatic carbocycles. The third-order valence-corrected chi connectivity index (χ3v) is 3.07. The van der Waals surface area contributed by atoms with Crippen LogP contribution in [0.1, 0.15) is 26.7 Å². The van der Waals surface area contributed by atoms with Crippen LogP contribution in [0.3, 0.4) is 0 Å². The lowest BCUT2D eigenvalue weighted by Crippen LogP contribution is -2.42. The third-order valence-electron chi connectivity index (χ3n) is 2.54. The van der Waals surface area contributed by atoms with Crippen molar-refractivity contribution in [2.75, 3.05) is 11.9 Å². The highest BCUT2D eigenvalue weighted by Gasteiger charge is 2.20. The second-order valence-corrected chi connectivity index (χ2v) is 5.06. The van der Waals surface area contributed by atoms with Gasteiger partial charge < -0.3 is 11.1 Å². The first-order valence-electron chi connectivity index (χ1n) is 5.33. The molecule has 0 aliphatic rings. The highest BCUT2D eigenvalue weighted by molar-refractivity contribution is 9.10. The fourth-order valence-electron chi connectivity index (χ4n) is 1.65. The summed E-state index contributed by atoms with van der Waals surface area (Å²) < 4.78 is 1.10. The number of anilines is 1. The molecule has 0 bridgehead atoms. The third kappa shape index (κ3) is 3.84. The molecule has 15 heavy (non-hydrogen) atoms. The molecular formula is C12H19BrN2. The van der Waals surface area contributed by atoms with Crippen LogP contribution in [-0.4, -0.2) is 12.1 Å². The predicted octanol–water partition coefficient (Wildman–Crippen LogP) is 3.38. The van der Waals surface area contributed by atoms with Crippen molar-refractivity contribution < 1.29 is 0 Å². The quantitative estimate of drug-likeness (QED) is 0.861. The molecule has 0 spiro atoms. The van der Waals surface area contributed by atoms with Crippen molar-refractivity contribution in [3.05, 3.63) is 28.7 Å². The first-order chi connectivity index (χ1) is 7.09. The van der Waals surface area contributed by atoms with Crippen LogP contribution in [0.5, 0.6) is 0 Å². The van der Waals surface area contributed by atoms with Gasteiger partial charge in [0.2, 0.25) is 0 Å². The van der Waals surface area contributed by atoms with Crippen molar-refractivity contribution in [2.45, 2.75) is 32.2 Å². The van der Waals surface area contributed by atoms with Gasteiger partial charge in [-0.1, -0.05) is 29.3 Å². The van der Waals surface area contributed by atoms with Gasteiger partial charge in [0.15, 0.2) is 0 Å². The fraction of sp³-hybridized carbons (Fsp3) is 0.500. The first-order valence-corrected chi connectivity index (χ1v) is 6.13. The number of halogens is 1. The minimum Gasteiger partial charge on any atom is -0.379 e. The van der Waals surface area contributed by atoms with Crippen molar-refractivity contribution in [1.82, 2.24) is 0 Å².